The van der Waals surface area contributed by atoms with Crippen LogP contribution >= 0.6 is 35.3 Å². The maximum atomic E-state index is 13.9. The quantitative estimate of drug-likeness (QED) is 0.111. The van der Waals surface area contributed by atoms with Gasteiger partial charge >= 0.3 is 19.4 Å². The smallest absolute Gasteiger partial charge is 0.459 e. The second kappa shape index (κ2) is 15.8. The number of ether oxygens (including phenoxy) is 2. The molecule has 246 valence electrons. The summed E-state index contributed by atoms with van der Waals surface area (Å²) in [5.74, 6) is -1.82. The Balaban J connectivity index is 2.30. The number of nitrogens with one attached hydrogen (secondary N) is 3. The third-order valence-corrected chi connectivity index (χ3v) is 8.40. The van der Waals surface area contributed by atoms with Crippen LogP contribution in [0.4, 0.5) is 0 Å². The summed E-state index contributed by atoms with van der Waals surface area (Å²) in [6.07, 6.45) is 2.56. The maximum absolute atomic E-state index is 13.9. The number of nitrogens with zero attached hydrogens (tertiary/aromatic N) is 1. The Hall–Kier alpha value is -2.25. The number of rotatable bonds is 16. The summed E-state index contributed by atoms with van der Waals surface area (Å²) in [6.45, 7) is 14.7. The van der Waals surface area contributed by atoms with E-state index in [9.17, 15) is 18.9 Å². The zero-order valence-corrected chi connectivity index (χ0v) is 29.6. The van der Waals surface area contributed by atoms with Gasteiger partial charge in [0.1, 0.15) is 11.3 Å². The Morgan fingerprint density at radius 2 is 1.80 bits per heavy atom. The predicted molar refractivity (Wildman–Crippen MR) is 175 cm³/mol. The van der Waals surface area contributed by atoms with Crippen LogP contribution in [0.5, 0.6) is 5.75 Å². The van der Waals surface area contributed by atoms with Crippen molar-refractivity contribution in [3.05, 3.63) is 66.9 Å². The summed E-state index contributed by atoms with van der Waals surface area (Å²) < 4.78 is 38.2. The topological polar surface area (TPSA) is 150 Å². The standard InChI is InChI=1S/C29H43BrClN4O8P/c1-9-40-25(37)28(6,7)34-44(39,43-23-12-10-22(31)11-13-23)41-17-15-20(2)42-29(8,32-19-27(3,4)5)35-18-21(14-16-30)24(36)33-26(35)38/h10-14,16,18,20,32H,9,15,17,19H2,1-8H3,(H,34,39)(H,33,36,38)/b16-14+. The highest BCUT2D eigenvalue weighted by molar-refractivity contribution is 9.11. The second-order valence-electron chi connectivity index (χ2n) is 12.0. The number of carbonyl (C=O) groups is 1. The lowest BCUT2D eigenvalue weighted by Gasteiger charge is -2.37. The summed E-state index contributed by atoms with van der Waals surface area (Å²) in [4.78, 5) is 41.6. The van der Waals surface area contributed by atoms with E-state index in [2.05, 4.69) is 31.3 Å². The van der Waals surface area contributed by atoms with Gasteiger partial charge in [-0.1, -0.05) is 48.3 Å². The van der Waals surface area contributed by atoms with Gasteiger partial charge in [-0.3, -0.25) is 29.0 Å². The van der Waals surface area contributed by atoms with Gasteiger partial charge in [-0.15, -0.1) is 0 Å². The monoisotopic (exact) mass is 720 g/mol. The summed E-state index contributed by atoms with van der Waals surface area (Å²) in [5, 5.41) is 6.45. The van der Waals surface area contributed by atoms with Gasteiger partial charge in [0.25, 0.3) is 5.56 Å². The first-order chi connectivity index (χ1) is 20.3. The molecule has 0 radical (unpaired) electrons. The summed E-state index contributed by atoms with van der Waals surface area (Å²) >= 11 is 9.14. The van der Waals surface area contributed by atoms with Crippen molar-refractivity contribution in [3.63, 3.8) is 0 Å². The molecule has 0 aliphatic carbocycles. The zero-order chi connectivity index (χ0) is 33.3. The minimum atomic E-state index is -4.16. The zero-order valence-electron chi connectivity index (χ0n) is 26.4. The van der Waals surface area contributed by atoms with Gasteiger partial charge in [-0.05, 0) is 81.8 Å². The average molecular weight is 722 g/mol. The molecule has 3 unspecified atom stereocenters. The highest BCUT2D eigenvalue weighted by atomic mass is 79.9. The van der Waals surface area contributed by atoms with E-state index in [4.69, 9.17) is 30.1 Å². The van der Waals surface area contributed by atoms with Crippen molar-refractivity contribution < 1.29 is 27.9 Å². The highest BCUT2D eigenvalue weighted by Crippen LogP contribution is 2.47. The van der Waals surface area contributed by atoms with Crippen molar-refractivity contribution in [2.45, 2.75) is 79.3 Å². The van der Waals surface area contributed by atoms with Gasteiger partial charge in [0.15, 0.2) is 0 Å². The lowest BCUT2D eigenvalue weighted by molar-refractivity contribution is -0.161. The van der Waals surface area contributed by atoms with E-state index in [0.717, 1.165) is 0 Å². The molecule has 1 heterocycles. The van der Waals surface area contributed by atoms with E-state index in [1.807, 2.05) is 20.8 Å². The summed E-state index contributed by atoms with van der Waals surface area (Å²) in [7, 11) is -4.16. The fourth-order valence-electron chi connectivity index (χ4n) is 3.81. The van der Waals surface area contributed by atoms with Gasteiger partial charge < -0.3 is 14.0 Å². The molecule has 1 aromatic heterocycles. The van der Waals surface area contributed by atoms with Crippen LogP contribution in [0.3, 0.4) is 0 Å². The van der Waals surface area contributed by atoms with Crippen LogP contribution < -0.4 is 26.2 Å². The molecule has 0 aliphatic rings. The molecule has 2 aromatic rings. The number of H-pyrrole nitrogens is 1. The third-order valence-electron chi connectivity index (χ3n) is 6.08. The second-order valence-corrected chi connectivity index (χ2v) is 14.6. The Labute approximate surface area is 271 Å². The van der Waals surface area contributed by atoms with Gasteiger partial charge in [-0.25, -0.2) is 9.36 Å². The van der Waals surface area contributed by atoms with Crippen molar-refractivity contribution in [1.29, 1.82) is 0 Å². The molecule has 44 heavy (non-hydrogen) atoms. The number of carbonyl (C=O) groups excluding carboxylic acids is 1. The lowest BCUT2D eigenvalue weighted by atomic mass is 9.97. The first-order valence-corrected chi connectivity index (χ1v) is 16.9. The van der Waals surface area contributed by atoms with Crippen LogP contribution in [0.1, 0.15) is 67.4 Å². The highest BCUT2D eigenvalue weighted by Gasteiger charge is 2.40. The van der Waals surface area contributed by atoms with Crippen molar-refractivity contribution in [1.82, 2.24) is 20.0 Å². The SMILES string of the molecule is CCOC(=O)C(C)(C)NP(=O)(OCCC(C)OC(C)(NCC(C)(C)C)n1cc(/C=C/Br)c(=O)[nH]c1=O)Oc1ccc(Cl)cc1. The number of aromatic amines is 1. The molecule has 1 aromatic carbocycles. The van der Waals surface area contributed by atoms with Crippen LogP contribution in [-0.2, 0) is 29.2 Å². The van der Waals surface area contributed by atoms with Gasteiger partial charge in [0, 0.05) is 17.8 Å². The number of hydrogen-bond acceptors (Lipinski definition) is 9. The van der Waals surface area contributed by atoms with Crippen molar-refractivity contribution in [3.8, 4) is 5.75 Å². The molecule has 15 heteroatoms. The van der Waals surface area contributed by atoms with Crippen molar-refractivity contribution >= 4 is 47.3 Å². The molecule has 2 rings (SSSR count). The van der Waals surface area contributed by atoms with Crippen molar-refractivity contribution in [2.75, 3.05) is 19.8 Å². The van der Waals surface area contributed by atoms with Crippen LogP contribution in [-0.4, -0.2) is 46.9 Å². The van der Waals surface area contributed by atoms with Crippen molar-refractivity contribution in [2.24, 2.45) is 5.41 Å². The molecular formula is C29H43BrClN4O8P. The maximum Gasteiger partial charge on any atom is 0.459 e. The molecule has 0 saturated carbocycles. The molecule has 12 nitrogen and oxygen atoms in total. The molecule has 0 fully saturated rings. The first kappa shape index (κ1) is 37.9. The number of halogens is 2. The number of aromatic nitrogens is 2. The Morgan fingerprint density at radius 3 is 2.36 bits per heavy atom. The fraction of sp³-hybridized carbons (Fsp3) is 0.552. The summed E-state index contributed by atoms with van der Waals surface area (Å²) in [6, 6.07) is 6.18. The van der Waals surface area contributed by atoms with Crippen LogP contribution in [0.25, 0.3) is 6.08 Å². The number of esters is 1. The minimum absolute atomic E-state index is 0.120. The van der Waals surface area contributed by atoms with E-state index in [0.29, 0.717) is 11.6 Å². The van der Waals surface area contributed by atoms with Crippen LogP contribution in [0.2, 0.25) is 5.02 Å². The van der Waals surface area contributed by atoms with E-state index in [-0.39, 0.29) is 36.4 Å². The normalized spacial score (nSPS) is 15.9. The average Bonchev–Trinajstić information content (AvgIpc) is 2.90. The van der Waals surface area contributed by atoms with Crippen LogP contribution in [0, 0.1) is 5.41 Å². The molecule has 0 bridgehead atoms. The first-order valence-electron chi connectivity index (χ1n) is 14.1. The van der Waals surface area contributed by atoms with E-state index in [1.165, 1.54) is 47.8 Å². The molecule has 0 spiro atoms. The number of benzene rings is 1. The van der Waals surface area contributed by atoms with E-state index >= 15 is 0 Å². The third kappa shape index (κ3) is 11.6. The molecule has 3 N–H and O–H groups in total. The minimum Gasteiger partial charge on any atom is -0.465 e. The Kier molecular flexibility index (Phi) is 13.7. The predicted octanol–water partition coefficient (Wildman–Crippen LogP) is 5.75. The largest absolute Gasteiger partial charge is 0.465 e. The summed E-state index contributed by atoms with van der Waals surface area (Å²) in [5.41, 5.74) is -2.57. The van der Waals surface area contributed by atoms with E-state index in [1.54, 1.807) is 32.9 Å². The Morgan fingerprint density at radius 1 is 1.16 bits per heavy atom. The molecule has 0 amide bonds. The molecule has 0 saturated heterocycles. The van der Waals surface area contributed by atoms with Crippen LogP contribution in [0.15, 0.2) is 45.0 Å². The molecular weight excluding hydrogens is 679 g/mol. The number of hydrogen-bond donors (Lipinski definition) is 3. The lowest BCUT2D eigenvalue weighted by Crippen LogP contribution is -2.56. The Bertz CT molecular complexity index is 1450. The van der Waals surface area contributed by atoms with E-state index < -0.39 is 42.5 Å². The molecule has 3 atom stereocenters. The fourth-order valence-corrected chi connectivity index (χ4v) is 5.90. The van der Waals surface area contributed by atoms with Gasteiger partial charge in [0.05, 0.1) is 24.9 Å². The molecule has 0 aliphatic heterocycles. The van der Waals surface area contributed by atoms with Gasteiger partial charge in [0.2, 0.25) is 5.85 Å². The van der Waals surface area contributed by atoms with Gasteiger partial charge in [-0.2, -0.15) is 5.09 Å².